The second-order valence-electron chi connectivity index (χ2n) is 4.97. The molecule has 0 saturated carbocycles. The smallest absolute Gasteiger partial charge is 0.337 e. The van der Waals surface area contributed by atoms with E-state index < -0.39 is 19.0 Å². The van der Waals surface area contributed by atoms with Crippen molar-refractivity contribution in [2.75, 3.05) is 0 Å². The Kier molecular flexibility index (Phi) is 5.47. The van der Waals surface area contributed by atoms with Gasteiger partial charge in [0.1, 0.15) is 0 Å². The number of piperidine rings is 1. The third-order valence-electron chi connectivity index (χ3n) is 3.71. The van der Waals surface area contributed by atoms with Gasteiger partial charge in [-0.1, -0.05) is 13.8 Å². The van der Waals surface area contributed by atoms with Gasteiger partial charge in [0.15, 0.2) is 0 Å². The molecule has 0 aliphatic carbocycles. The zero-order chi connectivity index (χ0) is 13.8. The van der Waals surface area contributed by atoms with E-state index in [1.54, 1.807) is 4.90 Å². The van der Waals surface area contributed by atoms with E-state index >= 15 is 0 Å². The first-order valence-corrected chi connectivity index (χ1v) is 6.77. The minimum atomic E-state index is -4.24. The van der Waals surface area contributed by atoms with Crippen molar-refractivity contribution in [2.24, 2.45) is 0 Å². The van der Waals surface area contributed by atoms with Gasteiger partial charge in [-0.3, -0.25) is 4.79 Å². The monoisotopic (exact) mass is 265 g/mol. The van der Waals surface area contributed by atoms with Crippen LogP contribution >= 0.6 is 0 Å². The van der Waals surface area contributed by atoms with Crippen LogP contribution in [0, 0.1) is 0 Å². The highest BCUT2D eigenvalue weighted by atomic mass is 19.4. The summed E-state index contributed by atoms with van der Waals surface area (Å²) in [6, 6.07) is 0.258. The first kappa shape index (κ1) is 15.3. The standard InChI is InChI=1S/C13H22F3NO/c1-3-10-6-5-7-11(4-2)17(10)12(18)8-9-13(14,15)16/h10-11H,3-9H2,1-2H3. The van der Waals surface area contributed by atoms with Crippen LogP contribution in [0.3, 0.4) is 0 Å². The number of hydrogen-bond acceptors (Lipinski definition) is 1. The molecule has 0 bridgehead atoms. The van der Waals surface area contributed by atoms with Gasteiger partial charge in [0.2, 0.25) is 5.91 Å². The van der Waals surface area contributed by atoms with Crippen molar-refractivity contribution in [3.63, 3.8) is 0 Å². The highest BCUT2D eigenvalue weighted by Gasteiger charge is 2.34. The summed E-state index contributed by atoms with van der Waals surface area (Å²) in [5.74, 6) is -0.328. The third-order valence-corrected chi connectivity index (χ3v) is 3.71. The molecule has 106 valence electrons. The Balaban J connectivity index is 2.65. The molecule has 1 saturated heterocycles. The Bertz CT molecular complexity index is 266. The average molecular weight is 265 g/mol. The van der Waals surface area contributed by atoms with E-state index in [-0.39, 0.29) is 18.0 Å². The Labute approximate surface area is 107 Å². The molecule has 5 heteroatoms. The van der Waals surface area contributed by atoms with Gasteiger partial charge in [0, 0.05) is 18.5 Å². The van der Waals surface area contributed by atoms with Crippen molar-refractivity contribution in [3.8, 4) is 0 Å². The highest BCUT2D eigenvalue weighted by Crippen LogP contribution is 2.29. The van der Waals surface area contributed by atoms with Crippen molar-refractivity contribution in [1.82, 2.24) is 4.90 Å². The van der Waals surface area contributed by atoms with E-state index in [0.717, 1.165) is 32.1 Å². The molecule has 0 aromatic carbocycles. The largest absolute Gasteiger partial charge is 0.389 e. The lowest BCUT2D eigenvalue weighted by Gasteiger charge is -2.42. The maximum absolute atomic E-state index is 12.2. The lowest BCUT2D eigenvalue weighted by molar-refractivity contribution is -0.153. The third kappa shape index (κ3) is 4.18. The molecule has 18 heavy (non-hydrogen) atoms. The van der Waals surface area contributed by atoms with Crippen molar-refractivity contribution < 1.29 is 18.0 Å². The SMILES string of the molecule is CCC1CCCC(CC)N1C(=O)CCC(F)(F)F. The number of carbonyl (C=O) groups excluding carboxylic acids is 1. The molecule has 1 aliphatic rings. The molecule has 1 fully saturated rings. The number of amides is 1. The maximum Gasteiger partial charge on any atom is 0.389 e. The summed E-state index contributed by atoms with van der Waals surface area (Å²) < 4.78 is 36.5. The highest BCUT2D eigenvalue weighted by molar-refractivity contribution is 5.77. The number of halogens is 3. The second-order valence-corrected chi connectivity index (χ2v) is 4.97. The molecule has 1 amide bonds. The van der Waals surface area contributed by atoms with Crippen LogP contribution in [-0.4, -0.2) is 29.1 Å². The summed E-state index contributed by atoms with van der Waals surface area (Å²) in [5, 5.41) is 0. The molecular formula is C13H22F3NO. The molecule has 1 heterocycles. The van der Waals surface area contributed by atoms with Crippen molar-refractivity contribution in [1.29, 1.82) is 0 Å². The summed E-state index contributed by atoms with van der Waals surface area (Å²) in [7, 11) is 0. The molecule has 2 nitrogen and oxygen atoms in total. The lowest BCUT2D eigenvalue weighted by atomic mass is 9.92. The van der Waals surface area contributed by atoms with Crippen LogP contribution in [0.25, 0.3) is 0 Å². The summed E-state index contributed by atoms with van der Waals surface area (Å²) in [6.07, 6.45) is -1.08. The Morgan fingerprint density at radius 3 is 2.06 bits per heavy atom. The molecule has 0 aromatic heterocycles. The van der Waals surface area contributed by atoms with Crippen LogP contribution < -0.4 is 0 Å². The molecule has 0 spiro atoms. The number of rotatable bonds is 4. The fourth-order valence-corrected chi connectivity index (χ4v) is 2.75. The first-order chi connectivity index (χ1) is 8.39. The molecule has 0 aromatic rings. The normalized spacial score (nSPS) is 25.3. The zero-order valence-corrected chi connectivity index (χ0v) is 11.1. The quantitative estimate of drug-likeness (QED) is 0.755. The molecule has 1 aliphatic heterocycles. The van der Waals surface area contributed by atoms with Crippen LogP contribution in [0.2, 0.25) is 0 Å². The van der Waals surface area contributed by atoms with Crippen LogP contribution in [-0.2, 0) is 4.79 Å². The van der Waals surface area contributed by atoms with E-state index in [1.165, 1.54) is 0 Å². The minimum absolute atomic E-state index is 0.129. The summed E-state index contributed by atoms with van der Waals surface area (Å²) in [4.78, 5) is 13.7. The molecule has 1 rings (SSSR count). The second kappa shape index (κ2) is 6.43. The van der Waals surface area contributed by atoms with Gasteiger partial charge in [-0.2, -0.15) is 13.2 Å². The number of carbonyl (C=O) groups is 1. The first-order valence-electron chi connectivity index (χ1n) is 6.77. The number of likely N-dealkylation sites (tertiary alicyclic amines) is 1. The molecular weight excluding hydrogens is 243 g/mol. The molecule has 2 atom stereocenters. The Hall–Kier alpha value is -0.740. The van der Waals surface area contributed by atoms with E-state index in [2.05, 4.69) is 0 Å². The van der Waals surface area contributed by atoms with Crippen molar-refractivity contribution >= 4 is 5.91 Å². The Morgan fingerprint density at radius 2 is 1.67 bits per heavy atom. The van der Waals surface area contributed by atoms with E-state index in [0.29, 0.717) is 0 Å². The van der Waals surface area contributed by atoms with Crippen LogP contribution in [0.4, 0.5) is 13.2 Å². The molecule has 0 radical (unpaired) electrons. The predicted octanol–water partition coefficient (Wildman–Crippen LogP) is 3.90. The van der Waals surface area contributed by atoms with E-state index in [9.17, 15) is 18.0 Å². The Morgan fingerprint density at radius 1 is 1.17 bits per heavy atom. The van der Waals surface area contributed by atoms with Crippen molar-refractivity contribution in [2.45, 2.75) is 77.1 Å². The zero-order valence-electron chi connectivity index (χ0n) is 11.1. The van der Waals surface area contributed by atoms with Crippen LogP contribution in [0.1, 0.15) is 58.8 Å². The molecule has 0 N–H and O–H groups in total. The van der Waals surface area contributed by atoms with Crippen LogP contribution in [0.5, 0.6) is 0 Å². The summed E-state index contributed by atoms with van der Waals surface area (Å²) in [6.45, 7) is 3.99. The van der Waals surface area contributed by atoms with Gasteiger partial charge >= 0.3 is 6.18 Å². The van der Waals surface area contributed by atoms with Gasteiger partial charge in [-0.05, 0) is 32.1 Å². The fraction of sp³-hybridized carbons (Fsp3) is 0.923. The van der Waals surface area contributed by atoms with E-state index in [4.69, 9.17) is 0 Å². The van der Waals surface area contributed by atoms with Gasteiger partial charge < -0.3 is 4.90 Å². The summed E-state index contributed by atoms with van der Waals surface area (Å²) >= 11 is 0. The fourth-order valence-electron chi connectivity index (χ4n) is 2.75. The van der Waals surface area contributed by atoms with Crippen LogP contribution in [0.15, 0.2) is 0 Å². The topological polar surface area (TPSA) is 20.3 Å². The van der Waals surface area contributed by atoms with Gasteiger partial charge in [-0.15, -0.1) is 0 Å². The minimum Gasteiger partial charge on any atom is -0.337 e. The van der Waals surface area contributed by atoms with Crippen molar-refractivity contribution in [3.05, 3.63) is 0 Å². The van der Waals surface area contributed by atoms with Gasteiger partial charge in [-0.25, -0.2) is 0 Å². The average Bonchev–Trinajstić information content (AvgIpc) is 2.33. The van der Waals surface area contributed by atoms with Gasteiger partial charge in [0.05, 0.1) is 6.42 Å². The molecule has 2 unspecified atom stereocenters. The maximum atomic E-state index is 12.2. The summed E-state index contributed by atoms with van der Waals surface area (Å²) in [5.41, 5.74) is 0. The number of alkyl halides is 3. The van der Waals surface area contributed by atoms with Gasteiger partial charge in [0.25, 0.3) is 0 Å². The number of hydrogen-bond donors (Lipinski definition) is 0. The lowest BCUT2D eigenvalue weighted by Crippen LogP contribution is -2.49. The number of nitrogens with zero attached hydrogens (tertiary/aromatic N) is 1. The van der Waals surface area contributed by atoms with E-state index in [1.807, 2.05) is 13.8 Å². The predicted molar refractivity (Wildman–Crippen MR) is 64.1 cm³/mol.